The summed E-state index contributed by atoms with van der Waals surface area (Å²) in [5.74, 6) is -0.560. The van der Waals surface area contributed by atoms with Gasteiger partial charge in [-0.3, -0.25) is 14.9 Å². The topological polar surface area (TPSA) is 72.2 Å². The van der Waals surface area contributed by atoms with Gasteiger partial charge in [0.05, 0.1) is 26.2 Å². The van der Waals surface area contributed by atoms with Gasteiger partial charge in [0.15, 0.2) is 0 Å². The largest absolute Gasteiger partial charge is 0.321 e. The van der Waals surface area contributed by atoms with Gasteiger partial charge in [0.2, 0.25) is 0 Å². The molecule has 108 valence electrons. The van der Waals surface area contributed by atoms with E-state index >= 15 is 0 Å². The molecule has 0 aliphatic rings. The second-order valence-corrected chi connectivity index (χ2v) is 5.93. The number of nitrogens with zero attached hydrogens (tertiary/aromatic N) is 1. The summed E-state index contributed by atoms with van der Waals surface area (Å²) in [5, 5.41) is 13.4. The van der Waals surface area contributed by atoms with Crippen LogP contribution in [0.5, 0.6) is 0 Å². The Hall–Kier alpha value is -1.38. The van der Waals surface area contributed by atoms with Crippen LogP contribution in [0.15, 0.2) is 36.4 Å². The molecule has 21 heavy (non-hydrogen) atoms. The first kappa shape index (κ1) is 16.0. The van der Waals surface area contributed by atoms with E-state index < -0.39 is 10.8 Å². The molecule has 0 radical (unpaired) electrons. The molecule has 0 bridgehead atoms. The van der Waals surface area contributed by atoms with E-state index in [9.17, 15) is 14.9 Å². The second-order valence-electron chi connectivity index (χ2n) is 3.98. The van der Waals surface area contributed by atoms with Crippen molar-refractivity contribution in [2.75, 3.05) is 5.32 Å². The van der Waals surface area contributed by atoms with Crippen molar-refractivity contribution in [1.29, 1.82) is 0 Å². The summed E-state index contributed by atoms with van der Waals surface area (Å²) in [7, 11) is 0. The third kappa shape index (κ3) is 3.63. The van der Waals surface area contributed by atoms with Crippen molar-refractivity contribution in [3.63, 3.8) is 0 Å². The van der Waals surface area contributed by atoms with Crippen LogP contribution < -0.4 is 5.32 Å². The number of nitrogens with one attached hydrogen (secondary N) is 1. The van der Waals surface area contributed by atoms with Crippen molar-refractivity contribution in [3.05, 3.63) is 65.7 Å². The number of hydrogen-bond acceptors (Lipinski definition) is 3. The van der Waals surface area contributed by atoms with Crippen LogP contribution in [0, 0.1) is 13.7 Å². The molecular weight excluding hydrogens is 430 g/mol. The SMILES string of the molecule is O=C(Nc1ccccc1I)c1cc([N+](=O)[O-])cc(Cl)c1Cl. The van der Waals surface area contributed by atoms with E-state index in [1.807, 2.05) is 12.1 Å². The molecule has 1 amide bonds. The lowest BCUT2D eigenvalue weighted by atomic mass is 10.1. The van der Waals surface area contributed by atoms with Gasteiger partial charge in [0, 0.05) is 15.7 Å². The lowest BCUT2D eigenvalue weighted by molar-refractivity contribution is -0.384. The van der Waals surface area contributed by atoms with Gasteiger partial charge in [-0.05, 0) is 34.7 Å². The molecule has 0 unspecified atom stereocenters. The van der Waals surface area contributed by atoms with Crippen molar-refractivity contribution in [3.8, 4) is 0 Å². The summed E-state index contributed by atoms with van der Waals surface area (Å²) < 4.78 is 0.830. The molecule has 0 spiro atoms. The quantitative estimate of drug-likeness (QED) is 0.428. The van der Waals surface area contributed by atoms with Gasteiger partial charge in [-0.1, -0.05) is 35.3 Å². The second kappa shape index (κ2) is 6.59. The predicted molar refractivity (Wildman–Crippen MR) is 90.2 cm³/mol. The van der Waals surface area contributed by atoms with Crippen LogP contribution in [0.25, 0.3) is 0 Å². The highest BCUT2D eigenvalue weighted by Crippen LogP contribution is 2.31. The number of rotatable bonds is 3. The summed E-state index contributed by atoms with van der Waals surface area (Å²) in [5.41, 5.74) is 0.245. The third-order valence-corrected chi connectivity index (χ3v) is 4.33. The Morgan fingerprint density at radius 2 is 1.90 bits per heavy atom. The zero-order valence-corrected chi connectivity index (χ0v) is 13.9. The number of carbonyl (C=O) groups excluding carboxylic acids is 1. The van der Waals surface area contributed by atoms with E-state index in [1.54, 1.807) is 12.1 Å². The fourth-order valence-electron chi connectivity index (χ4n) is 1.60. The highest BCUT2D eigenvalue weighted by Gasteiger charge is 2.20. The standard InChI is InChI=1S/C13H7Cl2IN2O3/c14-9-6-7(18(20)21)5-8(12(9)15)13(19)17-11-4-2-1-3-10(11)16/h1-6H,(H,17,19). The Balaban J connectivity index is 2.39. The average Bonchev–Trinajstić information content (AvgIpc) is 2.43. The minimum absolute atomic E-state index is 0.0225. The molecule has 0 fully saturated rings. The van der Waals surface area contributed by atoms with Crippen LogP contribution in [0.1, 0.15) is 10.4 Å². The van der Waals surface area contributed by atoms with Crippen LogP contribution in [0.4, 0.5) is 11.4 Å². The summed E-state index contributed by atoms with van der Waals surface area (Å²) in [6, 6.07) is 9.32. The van der Waals surface area contributed by atoms with Crippen molar-refractivity contribution in [2.24, 2.45) is 0 Å². The number of non-ortho nitro benzene ring substituents is 1. The Kier molecular flexibility index (Phi) is 5.02. The summed E-state index contributed by atoms with van der Waals surface area (Å²) in [4.78, 5) is 22.4. The lowest BCUT2D eigenvalue weighted by Crippen LogP contribution is -2.13. The minimum Gasteiger partial charge on any atom is -0.321 e. The Morgan fingerprint density at radius 3 is 2.52 bits per heavy atom. The molecule has 0 saturated heterocycles. The van der Waals surface area contributed by atoms with Gasteiger partial charge < -0.3 is 5.32 Å². The Bertz CT molecular complexity index is 737. The Morgan fingerprint density at radius 1 is 1.24 bits per heavy atom. The van der Waals surface area contributed by atoms with Gasteiger partial charge in [-0.25, -0.2) is 0 Å². The van der Waals surface area contributed by atoms with Crippen molar-refractivity contribution >= 4 is 63.1 Å². The molecule has 8 heteroatoms. The average molecular weight is 437 g/mol. The first-order valence-electron chi connectivity index (χ1n) is 5.59. The molecule has 0 aliphatic carbocycles. The highest BCUT2D eigenvalue weighted by molar-refractivity contribution is 14.1. The number of anilines is 1. The molecule has 5 nitrogen and oxygen atoms in total. The number of hydrogen-bond donors (Lipinski definition) is 1. The minimum atomic E-state index is -0.634. The number of benzene rings is 2. The maximum Gasteiger partial charge on any atom is 0.271 e. The van der Waals surface area contributed by atoms with Crippen molar-refractivity contribution in [1.82, 2.24) is 0 Å². The Labute approximate surface area is 143 Å². The van der Waals surface area contributed by atoms with Crippen LogP contribution in [-0.2, 0) is 0 Å². The van der Waals surface area contributed by atoms with Crippen LogP contribution >= 0.6 is 45.8 Å². The fourth-order valence-corrected chi connectivity index (χ4v) is 2.53. The maximum absolute atomic E-state index is 12.2. The zero-order valence-electron chi connectivity index (χ0n) is 10.3. The molecule has 0 atom stereocenters. The normalized spacial score (nSPS) is 10.2. The van der Waals surface area contributed by atoms with E-state index in [2.05, 4.69) is 27.9 Å². The molecule has 0 aliphatic heterocycles. The molecule has 0 heterocycles. The van der Waals surface area contributed by atoms with Gasteiger partial charge in [0.25, 0.3) is 11.6 Å². The van der Waals surface area contributed by atoms with Crippen molar-refractivity contribution in [2.45, 2.75) is 0 Å². The van der Waals surface area contributed by atoms with Crippen LogP contribution in [0.2, 0.25) is 10.0 Å². The van der Waals surface area contributed by atoms with Crippen molar-refractivity contribution < 1.29 is 9.72 Å². The summed E-state index contributed by atoms with van der Waals surface area (Å²) in [6.45, 7) is 0. The van der Waals surface area contributed by atoms with Gasteiger partial charge >= 0.3 is 0 Å². The van der Waals surface area contributed by atoms with Gasteiger partial charge in [-0.15, -0.1) is 0 Å². The molecule has 2 aromatic carbocycles. The molecule has 2 aromatic rings. The monoisotopic (exact) mass is 436 g/mol. The van der Waals surface area contributed by atoms with E-state index in [0.717, 1.165) is 15.7 Å². The highest BCUT2D eigenvalue weighted by atomic mass is 127. The molecule has 0 saturated carbocycles. The van der Waals surface area contributed by atoms with E-state index in [0.29, 0.717) is 5.69 Å². The van der Waals surface area contributed by atoms with E-state index in [1.165, 1.54) is 0 Å². The number of amides is 1. The van der Waals surface area contributed by atoms with Gasteiger partial charge in [-0.2, -0.15) is 0 Å². The number of nitro groups is 1. The molecule has 2 rings (SSSR count). The van der Waals surface area contributed by atoms with E-state index in [-0.39, 0.29) is 21.3 Å². The number of halogens is 3. The first-order valence-corrected chi connectivity index (χ1v) is 7.43. The lowest BCUT2D eigenvalue weighted by Gasteiger charge is -2.09. The fraction of sp³-hybridized carbons (Fsp3) is 0. The van der Waals surface area contributed by atoms with Gasteiger partial charge in [0.1, 0.15) is 0 Å². The summed E-state index contributed by atoms with van der Waals surface area (Å²) >= 11 is 13.8. The molecule has 1 N–H and O–H groups in total. The van der Waals surface area contributed by atoms with E-state index in [4.69, 9.17) is 23.2 Å². The smallest absolute Gasteiger partial charge is 0.271 e. The van der Waals surface area contributed by atoms with Crippen LogP contribution in [0.3, 0.4) is 0 Å². The summed E-state index contributed by atoms with van der Waals surface area (Å²) in [6.07, 6.45) is 0. The van der Waals surface area contributed by atoms with Crippen LogP contribution in [-0.4, -0.2) is 10.8 Å². The molecule has 0 aromatic heterocycles. The number of carbonyl (C=O) groups is 1. The first-order chi connectivity index (χ1) is 9.90. The third-order valence-electron chi connectivity index (χ3n) is 2.59. The number of nitro benzene ring substituents is 1. The zero-order chi connectivity index (χ0) is 15.6. The number of para-hydroxylation sites is 1. The molecular formula is C13H7Cl2IN2O3. The predicted octanol–water partition coefficient (Wildman–Crippen LogP) is 4.76. The maximum atomic E-state index is 12.2.